The van der Waals surface area contributed by atoms with E-state index >= 15 is 0 Å². The summed E-state index contributed by atoms with van der Waals surface area (Å²) in [6.45, 7) is 4.68. The van der Waals surface area contributed by atoms with Crippen molar-refractivity contribution in [2.45, 2.75) is 29.1 Å². The lowest BCUT2D eigenvalue weighted by molar-refractivity contribution is 0.482. The SMILES string of the molecule is Cn1c(-c2cccc(Oc3cccc(-n4c5ccccc5c5c6c(cnc54)Sc4ccccc4C6(C)C)c3)c2)nc2ccccc21. The molecule has 0 bridgehead atoms. The van der Waals surface area contributed by atoms with Gasteiger partial charge in [-0.05, 0) is 59.7 Å². The summed E-state index contributed by atoms with van der Waals surface area (Å²) in [5.41, 5.74) is 8.68. The minimum Gasteiger partial charge on any atom is -0.457 e. The molecule has 0 amide bonds. The highest BCUT2D eigenvalue weighted by Crippen LogP contribution is 2.52. The molecule has 4 heterocycles. The van der Waals surface area contributed by atoms with E-state index in [9.17, 15) is 0 Å². The first kappa shape index (κ1) is 27.0. The van der Waals surface area contributed by atoms with Gasteiger partial charge in [-0.25, -0.2) is 9.97 Å². The summed E-state index contributed by atoms with van der Waals surface area (Å²) in [5, 5.41) is 2.41. The fraction of sp³-hybridized carbons (Fsp3) is 0.100. The molecule has 1 aliphatic heterocycles. The minimum absolute atomic E-state index is 0.178. The Labute approximate surface area is 271 Å². The molecule has 0 fully saturated rings. The van der Waals surface area contributed by atoms with E-state index in [0.29, 0.717) is 0 Å². The standard InChI is InChI=1S/C40H30N4OS/c1-40(2)30-17-5-9-21-34(30)46-35-24-41-39-36(37(35)40)29-16-4-7-19-32(29)44(39)26-13-11-15-28(23-26)45-27-14-10-12-25(22-27)38-42-31-18-6-8-20-33(31)43(38)3/h4-24H,1-3H3. The highest BCUT2D eigenvalue weighted by molar-refractivity contribution is 7.99. The number of rotatable bonds is 4. The van der Waals surface area contributed by atoms with E-state index in [1.54, 1.807) is 0 Å². The second-order valence-electron chi connectivity index (χ2n) is 12.4. The third-order valence-electron chi connectivity index (χ3n) is 9.25. The molecule has 222 valence electrons. The molecule has 0 aliphatic carbocycles. The van der Waals surface area contributed by atoms with Crippen molar-refractivity contribution in [1.29, 1.82) is 0 Å². The molecule has 46 heavy (non-hydrogen) atoms. The quantitative estimate of drug-likeness (QED) is 0.198. The first-order valence-electron chi connectivity index (χ1n) is 15.5. The fourth-order valence-corrected chi connectivity index (χ4v) is 8.49. The summed E-state index contributed by atoms with van der Waals surface area (Å²) in [4.78, 5) is 12.5. The van der Waals surface area contributed by atoms with Crippen molar-refractivity contribution in [2.24, 2.45) is 7.05 Å². The number of pyridine rings is 1. The van der Waals surface area contributed by atoms with Gasteiger partial charge in [0.2, 0.25) is 0 Å². The fourth-order valence-electron chi connectivity index (χ4n) is 7.11. The first-order chi connectivity index (χ1) is 22.5. The molecule has 6 heteroatoms. The predicted molar refractivity (Wildman–Crippen MR) is 187 cm³/mol. The molecular weight excluding hydrogens is 585 g/mol. The number of aromatic nitrogens is 4. The normalized spacial score (nSPS) is 13.6. The van der Waals surface area contributed by atoms with E-state index in [4.69, 9.17) is 14.7 Å². The van der Waals surface area contributed by atoms with Crippen LogP contribution in [0, 0.1) is 0 Å². The second-order valence-corrected chi connectivity index (χ2v) is 13.5. The molecule has 3 aromatic heterocycles. The van der Waals surface area contributed by atoms with Crippen molar-refractivity contribution in [3.05, 3.63) is 139 Å². The maximum atomic E-state index is 6.51. The minimum atomic E-state index is -0.178. The largest absolute Gasteiger partial charge is 0.457 e. The number of para-hydroxylation sites is 3. The Balaban J connectivity index is 1.15. The van der Waals surface area contributed by atoms with Crippen LogP contribution in [0.3, 0.4) is 0 Å². The molecule has 0 N–H and O–H groups in total. The molecule has 5 nitrogen and oxygen atoms in total. The summed E-state index contributed by atoms with van der Waals surface area (Å²) in [7, 11) is 2.05. The zero-order chi connectivity index (χ0) is 31.0. The smallest absolute Gasteiger partial charge is 0.145 e. The van der Waals surface area contributed by atoms with Gasteiger partial charge in [-0.1, -0.05) is 92.3 Å². The number of aryl methyl sites for hydroxylation is 1. The van der Waals surface area contributed by atoms with Gasteiger partial charge < -0.3 is 9.30 Å². The summed E-state index contributed by atoms with van der Waals surface area (Å²) in [5.74, 6) is 2.42. The van der Waals surface area contributed by atoms with Gasteiger partial charge in [0.25, 0.3) is 0 Å². The van der Waals surface area contributed by atoms with E-state index < -0.39 is 0 Å². The Hall–Kier alpha value is -5.33. The number of nitrogens with zero attached hydrogens (tertiary/aromatic N) is 4. The van der Waals surface area contributed by atoms with E-state index in [-0.39, 0.29) is 5.41 Å². The molecule has 0 radical (unpaired) electrons. The van der Waals surface area contributed by atoms with E-state index in [2.05, 4.69) is 121 Å². The highest BCUT2D eigenvalue weighted by atomic mass is 32.2. The maximum Gasteiger partial charge on any atom is 0.145 e. The van der Waals surface area contributed by atoms with Crippen molar-refractivity contribution < 1.29 is 4.74 Å². The number of benzene rings is 5. The summed E-state index contributed by atoms with van der Waals surface area (Å²) in [6, 6.07) is 42.0. The lowest BCUT2D eigenvalue weighted by atomic mass is 9.76. The zero-order valence-electron chi connectivity index (χ0n) is 25.7. The van der Waals surface area contributed by atoms with Crippen molar-refractivity contribution in [1.82, 2.24) is 19.1 Å². The first-order valence-corrected chi connectivity index (χ1v) is 16.3. The summed E-state index contributed by atoms with van der Waals surface area (Å²) in [6.07, 6.45) is 2.06. The van der Waals surface area contributed by atoms with E-state index in [1.807, 2.05) is 48.2 Å². The second kappa shape index (κ2) is 10.1. The predicted octanol–water partition coefficient (Wildman–Crippen LogP) is 10.3. The van der Waals surface area contributed by atoms with Crippen molar-refractivity contribution >= 4 is 44.7 Å². The van der Waals surface area contributed by atoms with Crippen LogP contribution in [-0.4, -0.2) is 19.1 Å². The lowest BCUT2D eigenvalue weighted by Gasteiger charge is -2.35. The van der Waals surface area contributed by atoms with Crippen LogP contribution in [0.1, 0.15) is 25.0 Å². The van der Waals surface area contributed by atoms with Gasteiger partial charge in [0.05, 0.1) is 22.2 Å². The lowest BCUT2D eigenvalue weighted by Crippen LogP contribution is -2.24. The van der Waals surface area contributed by atoms with Crippen molar-refractivity contribution in [3.63, 3.8) is 0 Å². The summed E-state index contributed by atoms with van der Waals surface area (Å²) >= 11 is 1.82. The third kappa shape index (κ3) is 4.03. The number of ether oxygens (including phenoxy) is 1. The van der Waals surface area contributed by atoms with Gasteiger partial charge >= 0.3 is 0 Å². The Kier molecular flexibility index (Phi) is 5.93. The molecular formula is C40H30N4OS. The van der Waals surface area contributed by atoms with Crippen LogP contribution in [0.15, 0.2) is 137 Å². The van der Waals surface area contributed by atoms with Gasteiger partial charge in [-0.2, -0.15) is 0 Å². The molecule has 0 unspecified atom stereocenters. The van der Waals surface area contributed by atoms with Crippen molar-refractivity contribution in [2.75, 3.05) is 0 Å². The van der Waals surface area contributed by atoms with Gasteiger partial charge in [0, 0.05) is 50.9 Å². The molecule has 0 saturated carbocycles. The molecule has 0 atom stereocenters. The number of hydrogen-bond acceptors (Lipinski definition) is 4. The van der Waals surface area contributed by atoms with E-state index in [1.165, 1.54) is 31.7 Å². The number of imidazole rings is 1. The van der Waals surface area contributed by atoms with Crippen LogP contribution >= 0.6 is 11.8 Å². The molecule has 1 aliphatic rings. The maximum absolute atomic E-state index is 6.51. The van der Waals surface area contributed by atoms with Gasteiger partial charge in [0.1, 0.15) is 23.0 Å². The van der Waals surface area contributed by atoms with Gasteiger partial charge in [-0.15, -0.1) is 0 Å². The number of fused-ring (bicyclic) bond motifs is 7. The van der Waals surface area contributed by atoms with E-state index in [0.717, 1.165) is 50.8 Å². The molecule has 0 saturated heterocycles. The Morgan fingerprint density at radius 2 is 1.46 bits per heavy atom. The van der Waals surface area contributed by atoms with Crippen molar-refractivity contribution in [3.8, 4) is 28.6 Å². The highest BCUT2D eigenvalue weighted by Gasteiger charge is 2.36. The van der Waals surface area contributed by atoms with Crippen LogP contribution in [0.25, 0.3) is 50.0 Å². The van der Waals surface area contributed by atoms with Crippen LogP contribution in [0.4, 0.5) is 0 Å². The van der Waals surface area contributed by atoms with Gasteiger partial charge in [0.15, 0.2) is 0 Å². The average molecular weight is 615 g/mol. The zero-order valence-corrected chi connectivity index (χ0v) is 26.5. The summed E-state index contributed by atoms with van der Waals surface area (Å²) < 4.78 is 10.9. The third-order valence-corrected chi connectivity index (χ3v) is 10.4. The molecule has 9 rings (SSSR count). The Morgan fingerprint density at radius 3 is 2.33 bits per heavy atom. The molecule has 0 spiro atoms. The average Bonchev–Trinajstić information content (AvgIpc) is 3.60. The molecule has 5 aromatic carbocycles. The Bertz CT molecular complexity index is 2490. The van der Waals surface area contributed by atoms with Crippen LogP contribution in [-0.2, 0) is 12.5 Å². The van der Waals surface area contributed by atoms with Crippen LogP contribution in [0.5, 0.6) is 11.5 Å². The van der Waals surface area contributed by atoms with Crippen LogP contribution < -0.4 is 4.74 Å². The van der Waals surface area contributed by atoms with Crippen LogP contribution in [0.2, 0.25) is 0 Å². The number of hydrogen-bond donors (Lipinski definition) is 0. The molecule has 8 aromatic rings. The monoisotopic (exact) mass is 614 g/mol. The topological polar surface area (TPSA) is 44.9 Å². The van der Waals surface area contributed by atoms with Gasteiger partial charge in [-0.3, -0.25) is 4.57 Å². The Morgan fingerprint density at radius 1 is 0.717 bits per heavy atom.